The second-order valence-electron chi connectivity index (χ2n) is 4.55. The molecule has 0 saturated carbocycles. The van der Waals surface area contributed by atoms with Crippen molar-refractivity contribution in [2.24, 2.45) is 5.73 Å². The second-order valence-corrected chi connectivity index (χ2v) is 4.99. The van der Waals surface area contributed by atoms with E-state index in [1.807, 2.05) is 0 Å². The van der Waals surface area contributed by atoms with Crippen molar-refractivity contribution in [2.45, 2.75) is 25.5 Å². The van der Waals surface area contributed by atoms with Crippen LogP contribution in [0.5, 0.6) is 5.75 Å². The van der Waals surface area contributed by atoms with E-state index in [0.717, 1.165) is 6.42 Å². The number of carbonyl (C=O) groups excluding carboxylic acids is 1. The van der Waals surface area contributed by atoms with E-state index in [-0.39, 0.29) is 24.4 Å². The minimum absolute atomic E-state index is 0. The standard InChI is InChI=1S/C13H17ClN2O2.ClH/c1-9(13(17)16-6-5-11(15)8-16)18-12-4-2-3-10(14)7-12;/h2-4,7,9,11H,5-6,8,15H2,1H3;1H/t9?,11-;/m1./s1. The van der Waals surface area contributed by atoms with Gasteiger partial charge < -0.3 is 15.4 Å². The van der Waals surface area contributed by atoms with E-state index in [0.29, 0.717) is 23.9 Å². The topological polar surface area (TPSA) is 55.6 Å². The molecule has 1 amide bonds. The average Bonchev–Trinajstić information content (AvgIpc) is 2.75. The van der Waals surface area contributed by atoms with E-state index in [2.05, 4.69) is 0 Å². The zero-order valence-corrected chi connectivity index (χ0v) is 12.3. The van der Waals surface area contributed by atoms with E-state index >= 15 is 0 Å². The number of nitrogens with zero attached hydrogens (tertiary/aromatic N) is 1. The summed E-state index contributed by atoms with van der Waals surface area (Å²) in [5.41, 5.74) is 5.78. The Balaban J connectivity index is 0.00000180. The third-order valence-electron chi connectivity index (χ3n) is 2.99. The summed E-state index contributed by atoms with van der Waals surface area (Å²) in [6, 6.07) is 7.13. The van der Waals surface area contributed by atoms with Crippen LogP contribution in [0.4, 0.5) is 0 Å². The van der Waals surface area contributed by atoms with Crippen LogP contribution in [-0.2, 0) is 4.79 Å². The maximum absolute atomic E-state index is 12.1. The average molecular weight is 305 g/mol. The maximum Gasteiger partial charge on any atom is 0.263 e. The lowest BCUT2D eigenvalue weighted by molar-refractivity contribution is -0.136. The molecule has 1 aliphatic heterocycles. The molecule has 2 rings (SSSR count). The van der Waals surface area contributed by atoms with Gasteiger partial charge in [-0.15, -0.1) is 12.4 Å². The molecule has 0 aromatic heterocycles. The predicted octanol–water partition coefficient (Wildman–Crippen LogP) is 2.09. The summed E-state index contributed by atoms with van der Waals surface area (Å²) in [6.07, 6.45) is 0.337. The third-order valence-corrected chi connectivity index (χ3v) is 3.23. The molecule has 1 aromatic rings. The summed E-state index contributed by atoms with van der Waals surface area (Å²) in [6.45, 7) is 3.07. The summed E-state index contributed by atoms with van der Waals surface area (Å²) in [7, 11) is 0. The SMILES string of the molecule is CC(Oc1cccc(Cl)c1)C(=O)N1CC[C@@H](N)C1.Cl. The highest BCUT2D eigenvalue weighted by Crippen LogP contribution is 2.19. The highest BCUT2D eigenvalue weighted by Gasteiger charge is 2.28. The second kappa shape index (κ2) is 6.98. The molecule has 4 nitrogen and oxygen atoms in total. The van der Waals surface area contributed by atoms with E-state index < -0.39 is 6.10 Å². The molecular formula is C13H18Cl2N2O2. The first-order chi connectivity index (χ1) is 8.56. The van der Waals surface area contributed by atoms with Gasteiger partial charge in [0.05, 0.1) is 0 Å². The summed E-state index contributed by atoms with van der Waals surface area (Å²) >= 11 is 5.86. The first kappa shape index (κ1) is 16.1. The quantitative estimate of drug-likeness (QED) is 0.930. The molecule has 1 fully saturated rings. The number of rotatable bonds is 3. The van der Waals surface area contributed by atoms with Gasteiger partial charge >= 0.3 is 0 Å². The summed E-state index contributed by atoms with van der Waals surface area (Å²) in [5, 5.41) is 0.593. The molecule has 2 atom stereocenters. The van der Waals surface area contributed by atoms with Crippen LogP contribution < -0.4 is 10.5 Å². The van der Waals surface area contributed by atoms with Crippen molar-refractivity contribution in [2.75, 3.05) is 13.1 Å². The van der Waals surface area contributed by atoms with Crippen molar-refractivity contribution in [1.29, 1.82) is 0 Å². The third kappa shape index (κ3) is 4.27. The van der Waals surface area contributed by atoms with Crippen LogP contribution in [0, 0.1) is 0 Å². The number of amides is 1. The Morgan fingerprint density at radius 3 is 2.89 bits per heavy atom. The fraction of sp³-hybridized carbons (Fsp3) is 0.462. The van der Waals surface area contributed by atoms with E-state index in [1.165, 1.54) is 0 Å². The van der Waals surface area contributed by atoms with Crippen molar-refractivity contribution < 1.29 is 9.53 Å². The number of likely N-dealkylation sites (tertiary alicyclic amines) is 1. The number of benzene rings is 1. The summed E-state index contributed by atoms with van der Waals surface area (Å²) in [5.74, 6) is 0.578. The molecule has 6 heteroatoms. The predicted molar refractivity (Wildman–Crippen MR) is 78.0 cm³/mol. The zero-order chi connectivity index (χ0) is 13.1. The van der Waals surface area contributed by atoms with Crippen molar-refractivity contribution in [3.8, 4) is 5.75 Å². The first-order valence-corrected chi connectivity index (χ1v) is 6.40. The van der Waals surface area contributed by atoms with Crippen LogP contribution >= 0.6 is 24.0 Å². The van der Waals surface area contributed by atoms with Gasteiger partial charge in [0.15, 0.2) is 6.10 Å². The molecule has 1 aromatic carbocycles. The largest absolute Gasteiger partial charge is 0.481 e. The number of hydrogen-bond acceptors (Lipinski definition) is 3. The minimum atomic E-state index is -0.520. The fourth-order valence-electron chi connectivity index (χ4n) is 2.04. The Morgan fingerprint density at radius 2 is 2.32 bits per heavy atom. The number of halogens is 2. The summed E-state index contributed by atoms with van der Waals surface area (Å²) < 4.78 is 5.59. The van der Waals surface area contributed by atoms with Gasteiger partial charge in [-0.1, -0.05) is 17.7 Å². The Bertz CT molecular complexity index is 442. The van der Waals surface area contributed by atoms with Gasteiger partial charge in [-0.05, 0) is 31.5 Å². The van der Waals surface area contributed by atoms with Crippen molar-refractivity contribution in [3.63, 3.8) is 0 Å². The molecule has 2 N–H and O–H groups in total. The summed E-state index contributed by atoms with van der Waals surface area (Å²) in [4.78, 5) is 13.8. The fourth-order valence-corrected chi connectivity index (χ4v) is 2.22. The highest BCUT2D eigenvalue weighted by atomic mass is 35.5. The Hall–Kier alpha value is -0.970. The van der Waals surface area contributed by atoms with Crippen LogP contribution in [0.15, 0.2) is 24.3 Å². The van der Waals surface area contributed by atoms with Gasteiger partial charge in [0.1, 0.15) is 5.75 Å². The maximum atomic E-state index is 12.1. The van der Waals surface area contributed by atoms with Crippen LogP contribution in [0.2, 0.25) is 5.02 Å². The Kier molecular flexibility index (Phi) is 5.91. The molecule has 0 radical (unpaired) electrons. The molecule has 1 unspecified atom stereocenters. The molecule has 106 valence electrons. The molecule has 0 bridgehead atoms. The van der Waals surface area contributed by atoms with Gasteiger partial charge in [0, 0.05) is 24.2 Å². The van der Waals surface area contributed by atoms with E-state index in [4.69, 9.17) is 22.1 Å². The monoisotopic (exact) mass is 304 g/mol. The molecule has 1 saturated heterocycles. The molecule has 1 heterocycles. The molecule has 19 heavy (non-hydrogen) atoms. The van der Waals surface area contributed by atoms with Crippen LogP contribution in [0.3, 0.4) is 0 Å². The zero-order valence-electron chi connectivity index (χ0n) is 10.7. The highest BCUT2D eigenvalue weighted by molar-refractivity contribution is 6.30. The van der Waals surface area contributed by atoms with Crippen molar-refractivity contribution >= 4 is 29.9 Å². The normalized spacial score (nSPS) is 19.7. The number of hydrogen-bond donors (Lipinski definition) is 1. The van der Waals surface area contributed by atoms with Gasteiger partial charge in [-0.3, -0.25) is 4.79 Å². The molecule has 1 aliphatic rings. The lowest BCUT2D eigenvalue weighted by Gasteiger charge is -2.21. The lowest BCUT2D eigenvalue weighted by Crippen LogP contribution is -2.40. The van der Waals surface area contributed by atoms with Gasteiger partial charge in [-0.2, -0.15) is 0 Å². The van der Waals surface area contributed by atoms with Gasteiger partial charge in [-0.25, -0.2) is 0 Å². The Morgan fingerprint density at radius 1 is 1.58 bits per heavy atom. The van der Waals surface area contributed by atoms with Gasteiger partial charge in [0.25, 0.3) is 5.91 Å². The van der Waals surface area contributed by atoms with Gasteiger partial charge in [0.2, 0.25) is 0 Å². The molecule has 0 spiro atoms. The molecule has 0 aliphatic carbocycles. The number of ether oxygens (including phenoxy) is 1. The Labute approximate surface area is 124 Å². The first-order valence-electron chi connectivity index (χ1n) is 6.03. The van der Waals surface area contributed by atoms with Crippen LogP contribution in [0.1, 0.15) is 13.3 Å². The smallest absolute Gasteiger partial charge is 0.263 e. The van der Waals surface area contributed by atoms with Crippen molar-refractivity contribution in [1.82, 2.24) is 4.90 Å². The van der Waals surface area contributed by atoms with Crippen LogP contribution in [0.25, 0.3) is 0 Å². The minimum Gasteiger partial charge on any atom is -0.481 e. The van der Waals surface area contributed by atoms with E-state index in [9.17, 15) is 4.79 Å². The molecular weight excluding hydrogens is 287 g/mol. The van der Waals surface area contributed by atoms with E-state index in [1.54, 1.807) is 36.1 Å². The number of carbonyl (C=O) groups is 1. The number of nitrogens with two attached hydrogens (primary N) is 1. The lowest BCUT2D eigenvalue weighted by atomic mass is 10.3. The van der Waals surface area contributed by atoms with Crippen molar-refractivity contribution in [3.05, 3.63) is 29.3 Å². The van der Waals surface area contributed by atoms with Crippen LogP contribution in [-0.4, -0.2) is 36.0 Å².